The van der Waals surface area contributed by atoms with Crippen LogP contribution in [0.3, 0.4) is 0 Å². The Labute approximate surface area is 280 Å². The lowest BCUT2D eigenvalue weighted by Crippen LogP contribution is -2.57. The van der Waals surface area contributed by atoms with Crippen molar-refractivity contribution in [2.24, 2.45) is 5.41 Å². The van der Waals surface area contributed by atoms with E-state index < -0.39 is 27.6 Å². The summed E-state index contributed by atoms with van der Waals surface area (Å²) in [6.45, 7) is 12.3. The molecule has 1 amide bonds. The Balaban J connectivity index is 1.43. The third-order valence-corrected chi connectivity index (χ3v) is 9.77. The number of anilines is 2. The lowest BCUT2D eigenvalue weighted by atomic mass is 9.87. The minimum absolute atomic E-state index is 0.0297. The zero-order valence-corrected chi connectivity index (χ0v) is 28.8. The van der Waals surface area contributed by atoms with Crippen LogP contribution in [-0.2, 0) is 16.6 Å². The Morgan fingerprint density at radius 2 is 1.69 bits per heavy atom. The number of halogens is 1. The highest BCUT2D eigenvalue weighted by atomic mass is 32.2. The second-order valence-electron chi connectivity index (χ2n) is 14.1. The number of hydrogen-bond acceptors (Lipinski definition) is 9. The van der Waals surface area contributed by atoms with Crippen molar-refractivity contribution in [3.63, 3.8) is 0 Å². The maximum absolute atomic E-state index is 14.3. The number of rotatable bonds is 5. The van der Waals surface area contributed by atoms with Crippen LogP contribution in [-0.4, -0.2) is 70.6 Å². The smallest absolute Gasteiger partial charge is 0.264 e. The molecular weight excluding hydrogens is 633 g/mol. The van der Waals surface area contributed by atoms with Crippen LogP contribution < -0.4 is 14.4 Å². The molecule has 13 heteroatoms. The zero-order valence-electron chi connectivity index (χ0n) is 28.0. The van der Waals surface area contributed by atoms with Crippen molar-refractivity contribution < 1.29 is 22.3 Å². The number of nitrogens with one attached hydrogen (secondary N) is 1. The molecule has 4 aromatic rings. The Hall–Kier alpha value is -4.65. The average molecular weight is 674 g/mol. The summed E-state index contributed by atoms with van der Waals surface area (Å²) < 4.78 is 50.2. The van der Waals surface area contributed by atoms with E-state index in [4.69, 9.17) is 4.74 Å². The van der Waals surface area contributed by atoms with Gasteiger partial charge in [-0.3, -0.25) is 4.79 Å². The summed E-state index contributed by atoms with van der Waals surface area (Å²) >= 11 is 0. The number of alkyl halides is 1. The number of amides is 1. The van der Waals surface area contributed by atoms with Gasteiger partial charge in [0.2, 0.25) is 11.8 Å². The number of sulfonamides is 1. The molecule has 1 N–H and O–H groups in total. The van der Waals surface area contributed by atoms with Gasteiger partial charge in [0.25, 0.3) is 15.9 Å². The van der Waals surface area contributed by atoms with Gasteiger partial charge in [0.1, 0.15) is 18.1 Å². The normalized spacial score (nSPS) is 18.8. The number of aryl methyl sites for hydroxylation is 2. The standard InChI is InChI=1S/C35H40FN7O4S/c1-22-9-7-10-23(2)31(22)28-14-30-40-33(39-28)41-48(45,46)27-12-8-11-24(13-27)32(44)43(25(19-47-30)15-34(3,4)5)18-29-37-16-26(17-38-29)42-20-35(6,36)21-42/h7-14,16-17,25H,15,18-21H2,1-6H3,(H,39,40,41)/t25-/m1/s1. The highest BCUT2D eigenvalue weighted by molar-refractivity contribution is 7.92. The van der Waals surface area contributed by atoms with Crippen molar-refractivity contribution in [3.05, 3.63) is 83.4 Å². The third-order valence-electron chi connectivity index (χ3n) is 8.44. The van der Waals surface area contributed by atoms with Crippen molar-refractivity contribution in [1.82, 2.24) is 24.8 Å². The van der Waals surface area contributed by atoms with E-state index in [1.165, 1.54) is 18.2 Å². The Morgan fingerprint density at radius 3 is 2.33 bits per heavy atom. The molecule has 2 aliphatic rings. The molecule has 48 heavy (non-hydrogen) atoms. The minimum atomic E-state index is -4.20. The van der Waals surface area contributed by atoms with Crippen LogP contribution in [0.4, 0.5) is 16.0 Å². The van der Waals surface area contributed by atoms with E-state index in [2.05, 4.69) is 45.4 Å². The summed E-state index contributed by atoms with van der Waals surface area (Å²) in [5.41, 5.74) is 2.67. The third kappa shape index (κ3) is 7.25. The summed E-state index contributed by atoms with van der Waals surface area (Å²) in [5, 5.41) is 0. The Morgan fingerprint density at radius 1 is 1.02 bits per heavy atom. The van der Waals surface area contributed by atoms with Crippen molar-refractivity contribution in [1.29, 1.82) is 0 Å². The second kappa shape index (κ2) is 12.4. The Kier molecular flexibility index (Phi) is 8.61. The maximum atomic E-state index is 14.3. The number of fused-ring (bicyclic) bond motifs is 4. The molecule has 2 aliphatic heterocycles. The molecule has 0 spiro atoms. The van der Waals surface area contributed by atoms with Gasteiger partial charge >= 0.3 is 0 Å². The van der Waals surface area contributed by atoms with Gasteiger partial charge in [-0.1, -0.05) is 45.0 Å². The van der Waals surface area contributed by atoms with E-state index in [-0.39, 0.29) is 53.9 Å². The molecule has 2 aromatic heterocycles. The van der Waals surface area contributed by atoms with Gasteiger partial charge in [-0.15, -0.1) is 0 Å². The van der Waals surface area contributed by atoms with Crippen LogP contribution in [0.2, 0.25) is 0 Å². The molecule has 252 valence electrons. The number of carbonyl (C=O) groups excluding carboxylic acids is 1. The fourth-order valence-electron chi connectivity index (χ4n) is 6.22. The molecule has 0 unspecified atom stereocenters. The number of nitrogens with zero attached hydrogens (tertiary/aromatic N) is 6. The van der Waals surface area contributed by atoms with Gasteiger partial charge in [0, 0.05) is 17.2 Å². The van der Waals surface area contributed by atoms with Crippen LogP contribution >= 0.6 is 0 Å². The first-order valence-corrected chi connectivity index (χ1v) is 17.3. The highest BCUT2D eigenvalue weighted by Crippen LogP contribution is 2.32. The molecule has 11 nitrogen and oxygen atoms in total. The fraction of sp³-hybridized carbons (Fsp3) is 0.400. The Bertz CT molecular complexity index is 1930. The predicted molar refractivity (Wildman–Crippen MR) is 181 cm³/mol. The SMILES string of the molecule is Cc1cccc(C)c1-c1cc2nc(n1)NS(=O)(=O)c1cccc(c1)C(=O)N(Cc1ncc(N3CC(C)(F)C3)cn1)[C@H](CC(C)(C)C)CO2. The van der Waals surface area contributed by atoms with E-state index in [0.29, 0.717) is 23.6 Å². The van der Waals surface area contributed by atoms with Crippen LogP contribution in [0.25, 0.3) is 11.3 Å². The van der Waals surface area contributed by atoms with E-state index >= 15 is 0 Å². The lowest BCUT2D eigenvalue weighted by Gasteiger charge is -2.43. The lowest BCUT2D eigenvalue weighted by molar-refractivity contribution is 0.0505. The van der Waals surface area contributed by atoms with Gasteiger partial charge in [0.05, 0.1) is 54.3 Å². The molecule has 1 fully saturated rings. The van der Waals surface area contributed by atoms with E-state index in [1.807, 2.05) is 36.9 Å². The molecule has 1 atom stereocenters. The van der Waals surface area contributed by atoms with Gasteiger partial charge < -0.3 is 14.5 Å². The summed E-state index contributed by atoms with van der Waals surface area (Å²) in [4.78, 5) is 35.8. The molecule has 0 radical (unpaired) electrons. The van der Waals surface area contributed by atoms with E-state index in [9.17, 15) is 17.6 Å². The van der Waals surface area contributed by atoms with Gasteiger partial charge in [-0.05, 0) is 61.9 Å². The summed E-state index contributed by atoms with van der Waals surface area (Å²) in [6, 6.07) is 13.0. The van der Waals surface area contributed by atoms with E-state index in [0.717, 1.165) is 16.7 Å². The molecule has 0 saturated carbocycles. The van der Waals surface area contributed by atoms with Crippen molar-refractivity contribution in [3.8, 4) is 17.1 Å². The van der Waals surface area contributed by atoms with Crippen molar-refractivity contribution in [2.75, 3.05) is 29.3 Å². The molecule has 6 rings (SSSR count). The summed E-state index contributed by atoms with van der Waals surface area (Å²) in [5.74, 6) is -0.00512. The number of benzene rings is 2. The molecule has 4 heterocycles. The number of carbonyl (C=O) groups is 1. The van der Waals surface area contributed by atoms with Crippen LogP contribution in [0.15, 0.2) is 65.8 Å². The summed E-state index contributed by atoms with van der Waals surface area (Å²) in [7, 11) is -4.20. The molecule has 0 aliphatic carbocycles. The first-order chi connectivity index (χ1) is 22.6. The molecule has 1 saturated heterocycles. The van der Waals surface area contributed by atoms with Crippen LogP contribution in [0.1, 0.15) is 61.4 Å². The fourth-order valence-corrected chi connectivity index (χ4v) is 7.21. The monoisotopic (exact) mass is 673 g/mol. The van der Waals surface area contributed by atoms with Crippen molar-refractivity contribution >= 4 is 27.6 Å². The molecular formula is C35H40FN7O4S. The summed E-state index contributed by atoms with van der Waals surface area (Å²) in [6.07, 6.45) is 3.81. The zero-order chi connectivity index (χ0) is 34.4. The number of ether oxygens (including phenoxy) is 1. The van der Waals surface area contributed by atoms with Gasteiger partial charge in [-0.25, -0.2) is 32.5 Å². The van der Waals surface area contributed by atoms with E-state index in [1.54, 1.807) is 36.4 Å². The maximum Gasteiger partial charge on any atom is 0.264 e. The van der Waals surface area contributed by atoms with Gasteiger partial charge in [-0.2, -0.15) is 4.98 Å². The second-order valence-corrected chi connectivity index (χ2v) is 15.8. The highest BCUT2D eigenvalue weighted by Gasteiger charge is 2.39. The number of aromatic nitrogens is 4. The van der Waals surface area contributed by atoms with Crippen molar-refractivity contribution in [2.45, 2.75) is 71.1 Å². The largest absolute Gasteiger partial charge is 0.475 e. The van der Waals surface area contributed by atoms with Crippen LogP contribution in [0, 0.1) is 19.3 Å². The quantitative estimate of drug-likeness (QED) is 0.282. The van der Waals surface area contributed by atoms with Gasteiger partial charge in [0.15, 0.2) is 0 Å². The molecule has 2 aromatic carbocycles. The van der Waals surface area contributed by atoms with Crippen LogP contribution in [0.5, 0.6) is 5.88 Å². The molecule has 4 bridgehead atoms. The first-order valence-electron chi connectivity index (χ1n) is 15.8. The average Bonchev–Trinajstić information content (AvgIpc) is 3.00. The topological polar surface area (TPSA) is 131 Å². The minimum Gasteiger partial charge on any atom is -0.475 e. The first kappa shape index (κ1) is 33.3. The predicted octanol–water partition coefficient (Wildman–Crippen LogP) is 5.74. The number of hydrogen-bond donors (Lipinski definition) is 1.